The first-order valence-corrected chi connectivity index (χ1v) is 12.3. The predicted molar refractivity (Wildman–Crippen MR) is 122 cm³/mol. The Hall–Kier alpha value is -2.95. The summed E-state index contributed by atoms with van der Waals surface area (Å²) in [6.07, 6.45) is 0.818. The molecule has 0 spiro atoms. The van der Waals surface area contributed by atoms with E-state index in [1.54, 1.807) is 24.3 Å². The Morgan fingerprint density at radius 3 is 2.64 bits per heavy atom. The van der Waals surface area contributed by atoms with Crippen LogP contribution in [0.4, 0.5) is 0 Å². The molecule has 1 saturated heterocycles. The lowest BCUT2D eigenvalue weighted by Gasteiger charge is -2.26. The van der Waals surface area contributed by atoms with Gasteiger partial charge in [0, 0.05) is 19.6 Å². The molecule has 0 bridgehead atoms. The van der Waals surface area contributed by atoms with Crippen LogP contribution in [0.25, 0.3) is 11.0 Å². The van der Waals surface area contributed by atoms with Crippen molar-refractivity contribution in [3.05, 3.63) is 53.3 Å². The summed E-state index contributed by atoms with van der Waals surface area (Å²) in [5, 5.41) is 10.0. The minimum absolute atomic E-state index is 0.0812. The Balaban J connectivity index is 1.61. The minimum Gasteiger partial charge on any atom is -0.507 e. The molecule has 10 heteroatoms. The number of phenols is 1. The maximum atomic E-state index is 13.0. The molecule has 33 heavy (non-hydrogen) atoms. The Morgan fingerprint density at radius 2 is 1.94 bits per heavy atom. The maximum absolute atomic E-state index is 13.0. The Kier molecular flexibility index (Phi) is 6.68. The highest BCUT2D eigenvalue weighted by Crippen LogP contribution is 2.25. The summed E-state index contributed by atoms with van der Waals surface area (Å²) in [7, 11) is -3.65. The van der Waals surface area contributed by atoms with E-state index in [0.717, 1.165) is 17.5 Å². The van der Waals surface area contributed by atoms with Crippen molar-refractivity contribution < 1.29 is 27.8 Å². The van der Waals surface area contributed by atoms with Gasteiger partial charge in [-0.05, 0) is 49.2 Å². The Morgan fingerprint density at radius 1 is 1.18 bits per heavy atom. The number of sulfonamides is 1. The lowest BCUT2D eigenvalue weighted by Crippen LogP contribution is -2.40. The van der Waals surface area contributed by atoms with Crippen LogP contribution in [0.1, 0.15) is 35.1 Å². The molecule has 1 aliphatic heterocycles. The highest BCUT2D eigenvalue weighted by Gasteiger charge is 2.27. The standard InChI is InChI=1S/C23H27N3O6S/c1-3-8-26-20-7-5-17(33(29,30)25-9-11-31-12-10-25)14-19(20)24-22(26)15-32-23(28)18-6-4-16(2)13-21(18)27/h4-7,13-14,27H,3,8-12,15H2,1-2H3. The van der Waals surface area contributed by atoms with Crippen LogP contribution in [0.2, 0.25) is 0 Å². The molecule has 1 aliphatic rings. The van der Waals surface area contributed by atoms with Gasteiger partial charge in [0.25, 0.3) is 0 Å². The summed E-state index contributed by atoms with van der Waals surface area (Å²) in [6, 6.07) is 9.62. The lowest BCUT2D eigenvalue weighted by atomic mass is 10.1. The van der Waals surface area contributed by atoms with Gasteiger partial charge in [0.15, 0.2) is 0 Å². The molecule has 0 aliphatic carbocycles. The number of aryl methyl sites for hydroxylation is 2. The predicted octanol–water partition coefficient (Wildman–Crippen LogP) is 2.84. The van der Waals surface area contributed by atoms with Crippen molar-refractivity contribution in [3.8, 4) is 5.75 Å². The monoisotopic (exact) mass is 473 g/mol. The zero-order valence-electron chi connectivity index (χ0n) is 18.7. The van der Waals surface area contributed by atoms with Crippen molar-refractivity contribution in [2.45, 2.75) is 38.3 Å². The van der Waals surface area contributed by atoms with Crippen LogP contribution in [0.15, 0.2) is 41.3 Å². The number of hydrogen-bond donors (Lipinski definition) is 1. The third-order valence-corrected chi connectivity index (χ3v) is 7.45. The summed E-state index contributed by atoms with van der Waals surface area (Å²) in [5.74, 6) is -0.286. The summed E-state index contributed by atoms with van der Waals surface area (Å²) >= 11 is 0. The molecule has 2 aromatic carbocycles. The smallest absolute Gasteiger partial charge is 0.342 e. The summed E-state index contributed by atoms with van der Waals surface area (Å²) < 4.78 is 40.1. The average molecular weight is 474 g/mol. The van der Waals surface area contributed by atoms with E-state index in [9.17, 15) is 18.3 Å². The lowest BCUT2D eigenvalue weighted by molar-refractivity contribution is 0.0455. The van der Waals surface area contributed by atoms with Gasteiger partial charge in [-0.1, -0.05) is 13.0 Å². The van der Waals surface area contributed by atoms with Crippen LogP contribution in [0, 0.1) is 6.92 Å². The maximum Gasteiger partial charge on any atom is 0.342 e. The number of aromatic nitrogens is 2. The third-order valence-electron chi connectivity index (χ3n) is 5.56. The van der Waals surface area contributed by atoms with Crippen molar-refractivity contribution in [1.82, 2.24) is 13.9 Å². The highest BCUT2D eigenvalue weighted by molar-refractivity contribution is 7.89. The van der Waals surface area contributed by atoms with Crippen LogP contribution < -0.4 is 0 Å². The molecule has 1 fully saturated rings. The number of rotatable bonds is 7. The third kappa shape index (κ3) is 4.73. The molecule has 0 radical (unpaired) electrons. The molecular weight excluding hydrogens is 446 g/mol. The Bertz CT molecular complexity index is 1280. The van der Waals surface area contributed by atoms with Gasteiger partial charge >= 0.3 is 5.97 Å². The number of morpholine rings is 1. The molecule has 2 heterocycles. The highest BCUT2D eigenvalue weighted by atomic mass is 32.2. The van der Waals surface area contributed by atoms with Crippen molar-refractivity contribution in [3.63, 3.8) is 0 Å². The topological polar surface area (TPSA) is 111 Å². The minimum atomic E-state index is -3.65. The van der Waals surface area contributed by atoms with E-state index in [4.69, 9.17) is 9.47 Å². The number of esters is 1. The molecule has 4 rings (SSSR count). The van der Waals surface area contributed by atoms with E-state index >= 15 is 0 Å². The van der Waals surface area contributed by atoms with Gasteiger partial charge in [0.2, 0.25) is 10.0 Å². The molecule has 0 saturated carbocycles. The van der Waals surface area contributed by atoms with Gasteiger partial charge in [0.05, 0.1) is 29.1 Å². The SMILES string of the molecule is CCCn1c(COC(=O)c2ccc(C)cc2O)nc2cc(S(=O)(=O)N3CCOCC3)ccc21. The van der Waals surface area contributed by atoms with Crippen molar-refractivity contribution in [2.24, 2.45) is 0 Å². The average Bonchev–Trinajstić information content (AvgIpc) is 3.15. The quantitative estimate of drug-likeness (QED) is 0.525. The second-order valence-corrected chi connectivity index (χ2v) is 9.88. The normalized spacial score (nSPS) is 15.1. The first-order valence-electron chi connectivity index (χ1n) is 10.8. The zero-order valence-corrected chi connectivity index (χ0v) is 19.5. The van der Waals surface area contributed by atoms with Gasteiger partial charge < -0.3 is 19.1 Å². The number of phenolic OH excluding ortho intramolecular Hbond substituents is 1. The van der Waals surface area contributed by atoms with Crippen molar-refractivity contribution in [2.75, 3.05) is 26.3 Å². The van der Waals surface area contributed by atoms with Crippen LogP contribution in [-0.4, -0.2) is 59.7 Å². The number of imidazole rings is 1. The molecular formula is C23H27N3O6S. The van der Waals surface area contributed by atoms with Crippen molar-refractivity contribution in [1.29, 1.82) is 0 Å². The van der Waals surface area contributed by atoms with Gasteiger partial charge in [-0.15, -0.1) is 0 Å². The van der Waals surface area contributed by atoms with E-state index in [0.29, 0.717) is 44.2 Å². The van der Waals surface area contributed by atoms with Crippen LogP contribution in [-0.2, 0) is 32.6 Å². The van der Waals surface area contributed by atoms with E-state index in [1.165, 1.54) is 16.4 Å². The number of aromatic hydroxyl groups is 1. The fraction of sp³-hybridized carbons (Fsp3) is 0.391. The van der Waals surface area contributed by atoms with Crippen LogP contribution in [0.3, 0.4) is 0 Å². The van der Waals surface area contributed by atoms with E-state index in [2.05, 4.69) is 4.98 Å². The van der Waals surface area contributed by atoms with E-state index in [-0.39, 0.29) is 22.8 Å². The second-order valence-electron chi connectivity index (χ2n) is 7.94. The number of fused-ring (bicyclic) bond motifs is 1. The van der Waals surface area contributed by atoms with E-state index < -0.39 is 16.0 Å². The van der Waals surface area contributed by atoms with Crippen LogP contribution in [0.5, 0.6) is 5.75 Å². The second kappa shape index (κ2) is 9.50. The first-order chi connectivity index (χ1) is 15.8. The number of hydrogen-bond acceptors (Lipinski definition) is 7. The summed E-state index contributed by atoms with van der Waals surface area (Å²) in [5.41, 5.74) is 2.19. The molecule has 1 aromatic heterocycles. The van der Waals surface area contributed by atoms with Gasteiger partial charge in [0.1, 0.15) is 23.7 Å². The number of carbonyl (C=O) groups excluding carboxylic acids is 1. The number of carbonyl (C=O) groups is 1. The Labute approximate surface area is 192 Å². The summed E-state index contributed by atoms with van der Waals surface area (Å²) in [6.45, 7) is 5.74. The summed E-state index contributed by atoms with van der Waals surface area (Å²) in [4.78, 5) is 17.2. The van der Waals surface area contributed by atoms with Crippen molar-refractivity contribution >= 4 is 27.0 Å². The fourth-order valence-electron chi connectivity index (χ4n) is 3.86. The number of nitrogens with zero attached hydrogens (tertiary/aromatic N) is 3. The fourth-order valence-corrected chi connectivity index (χ4v) is 5.29. The molecule has 3 aromatic rings. The molecule has 9 nitrogen and oxygen atoms in total. The van der Waals surface area contributed by atoms with Gasteiger partial charge in [-0.25, -0.2) is 18.2 Å². The molecule has 0 atom stereocenters. The molecule has 0 unspecified atom stereocenters. The van der Waals surface area contributed by atoms with Gasteiger partial charge in [-0.3, -0.25) is 0 Å². The molecule has 176 valence electrons. The molecule has 1 N–H and O–H groups in total. The van der Waals surface area contributed by atoms with Gasteiger partial charge in [-0.2, -0.15) is 4.31 Å². The number of ether oxygens (including phenoxy) is 2. The van der Waals surface area contributed by atoms with Crippen LogP contribution >= 0.6 is 0 Å². The molecule has 0 amide bonds. The first kappa shape index (κ1) is 23.2. The largest absolute Gasteiger partial charge is 0.507 e. The number of benzene rings is 2. The zero-order chi connectivity index (χ0) is 23.6. The van der Waals surface area contributed by atoms with E-state index in [1.807, 2.05) is 18.4 Å².